The molecule has 0 heterocycles. The maximum absolute atomic E-state index is 13.1. The SMILES string of the molecule is CC[C@@H](C)NC(=O)[C@@H](CC)N(Cc1ccc(Cl)cc1)C(=O)COc1ccc(C)cc1. The molecule has 0 bridgehead atoms. The van der Waals surface area contributed by atoms with Gasteiger partial charge in [-0.05, 0) is 56.5 Å². The van der Waals surface area contributed by atoms with Gasteiger partial charge in [0.1, 0.15) is 11.8 Å². The lowest BCUT2D eigenvalue weighted by Gasteiger charge is -2.31. The highest BCUT2D eigenvalue weighted by Crippen LogP contribution is 2.17. The lowest BCUT2D eigenvalue weighted by molar-refractivity contribution is -0.143. The molecule has 1 N–H and O–H groups in total. The zero-order chi connectivity index (χ0) is 22.1. The fourth-order valence-corrected chi connectivity index (χ4v) is 3.14. The number of nitrogens with zero attached hydrogens (tertiary/aromatic N) is 1. The van der Waals surface area contributed by atoms with E-state index in [1.165, 1.54) is 0 Å². The van der Waals surface area contributed by atoms with Gasteiger partial charge < -0.3 is 15.0 Å². The standard InChI is InChI=1S/C24H31ClN2O3/c1-5-18(4)26-24(29)22(6-2)27(15-19-9-11-20(25)12-10-19)23(28)16-30-21-13-7-17(3)8-14-21/h7-14,18,22H,5-6,15-16H2,1-4H3,(H,26,29)/t18-,22-/m1/s1. The molecule has 0 spiro atoms. The van der Waals surface area contributed by atoms with Crippen molar-refractivity contribution in [2.24, 2.45) is 0 Å². The number of nitrogens with one attached hydrogen (secondary N) is 1. The summed E-state index contributed by atoms with van der Waals surface area (Å²) in [6.07, 6.45) is 1.33. The minimum atomic E-state index is -0.580. The van der Waals surface area contributed by atoms with Gasteiger partial charge in [0.05, 0.1) is 0 Å². The fourth-order valence-electron chi connectivity index (χ4n) is 3.01. The second-order valence-corrected chi connectivity index (χ2v) is 7.93. The Labute approximate surface area is 184 Å². The molecule has 5 nitrogen and oxygen atoms in total. The topological polar surface area (TPSA) is 58.6 Å². The van der Waals surface area contributed by atoms with Crippen LogP contribution >= 0.6 is 11.6 Å². The molecule has 162 valence electrons. The molecule has 0 unspecified atom stereocenters. The largest absolute Gasteiger partial charge is 0.484 e. The highest BCUT2D eigenvalue weighted by molar-refractivity contribution is 6.30. The van der Waals surface area contributed by atoms with E-state index in [9.17, 15) is 9.59 Å². The molecule has 0 aromatic heterocycles. The number of rotatable bonds is 10. The molecule has 2 amide bonds. The number of benzene rings is 2. The van der Waals surface area contributed by atoms with Crippen LogP contribution in [0.3, 0.4) is 0 Å². The van der Waals surface area contributed by atoms with Crippen molar-refractivity contribution < 1.29 is 14.3 Å². The zero-order valence-corrected chi connectivity index (χ0v) is 18.9. The first-order valence-corrected chi connectivity index (χ1v) is 10.8. The lowest BCUT2D eigenvalue weighted by Crippen LogP contribution is -2.51. The van der Waals surface area contributed by atoms with Crippen LogP contribution in [-0.2, 0) is 16.1 Å². The van der Waals surface area contributed by atoms with Crippen molar-refractivity contribution in [3.63, 3.8) is 0 Å². The van der Waals surface area contributed by atoms with Crippen molar-refractivity contribution in [3.05, 3.63) is 64.7 Å². The Morgan fingerprint density at radius 1 is 1.03 bits per heavy atom. The third-order valence-electron chi connectivity index (χ3n) is 5.04. The summed E-state index contributed by atoms with van der Waals surface area (Å²) in [6.45, 7) is 8.03. The maximum Gasteiger partial charge on any atom is 0.261 e. The Morgan fingerprint density at radius 2 is 1.67 bits per heavy atom. The lowest BCUT2D eigenvalue weighted by atomic mass is 10.1. The van der Waals surface area contributed by atoms with E-state index >= 15 is 0 Å². The second-order valence-electron chi connectivity index (χ2n) is 7.49. The second kappa shape index (κ2) is 11.6. The highest BCUT2D eigenvalue weighted by atomic mass is 35.5. The molecule has 6 heteroatoms. The van der Waals surface area contributed by atoms with Crippen LogP contribution in [0.1, 0.15) is 44.7 Å². The Morgan fingerprint density at radius 3 is 2.23 bits per heavy atom. The third-order valence-corrected chi connectivity index (χ3v) is 5.29. The predicted octanol–water partition coefficient (Wildman–Crippen LogP) is 4.75. The molecule has 2 rings (SSSR count). The molecule has 0 aliphatic rings. The molecule has 0 aliphatic carbocycles. The molecule has 30 heavy (non-hydrogen) atoms. The first-order chi connectivity index (χ1) is 14.3. The van der Waals surface area contributed by atoms with Crippen molar-refractivity contribution in [3.8, 4) is 5.75 Å². The number of hydrogen-bond acceptors (Lipinski definition) is 3. The van der Waals surface area contributed by atoms with E-state index in [1.807, 2.05) is 64.1 Å². The molecule has 0 radical (unpaired) electrons. The number of hydrogen-bond donors (Lipinski definition) is 1. The molecule has 2 aromatic carbocycles. The van der Waals surface area contributed by atoms with Crippen LogP contribution < -0.4 is 10.1 Å². The Bertz CT molecular complexity index is 821. The summed E-state index contributed by atoms with van der Waals surface area (Å²) < 4.78 is 5.69. The third kappa shape index (κ3) is 7.06. The quantitative estimate of drug-likeness (QED) is 0.591. The van der Waals surface area contributed by atoms with Crippen molar-refractivity contribution in [2.75, 3.05) is 6.61 Å². The summed E-state index contributed by atoms with van der Waals surface area (Å²) >= 11 is 5.99. The van der Waals surface area contributed by atoms with E-state index in [0.29, 0.717) is 23.7 Å². The number of carbonyl (C=O) groups is 2. The van der Waals surface area contributed by atoms with Gasteiger partial charge in [-0.2, -0.15) is 0 Å². The molecule has 0 aliphatic heterocycles. The van der Waals surface area contributed by atoms with E-state index in [2.05, 4.69) is 5.32 Å². The van der Waals surface area contributed by atoms with Gasteiger partial charge in [-0.15, -0.1) is 0 Å². The van der Waals surface area contributed by atoms with E-state index < -0.39 is 6.04 Å². The van der Waals surface area contributed by atoms with Crippen molar-refractivity contribution in [1.29, 1.82) is 0 Å². The van der Waals surface area contributed by atoms with Gasteiger partial charge in [0, 0.05) is 17.6 Å². The molecular formula is C24H31ClN2O3. The normalized spacial score (nSPS) is 12.7. The number of halogens is 1. The number of carbonyl (C=O) groups excluding carboxylic acids is 2. The average molecular weight is 431 g/mol. The Hall–Kier alpha value is -2.53. The van der Waals surface area contributed by atoms with Gasteiger partial charge in [0.2, 0.25) is 5.91 Å². The molecule has 2 atom stereocenters. The van der Waals surface area contributed by atoms with Crippen LogP contribution in [0.25, 0.3) is 0 Å². The van der Waals surface area contributed by atoms with E-state index in [4.69, 9.17) is 16.3 Å². The average Bonchev–Trinajstić information content (AvgIpc) is 2.74. The number of ether oxygens (including phenoxy) is 1. The van der Waals surface area contributed by atoms with Gasteiger partial charge in [0.15, 0.2) is 6.61 Å². The van der Waals surface area contributed by atoms with Crippen LogP contribution in [0.15, 0.2) is 48.5 Å². The summed E-state index contributed by atoms with van der Waals surface area (Å²) in [5.41, 5.74) is 2.02. The number of amides is 2. The molecule has 0 saturated heterocycles. The van der Waals surface area contributed by atoms with Crippen LogP contribution in [0, 0.1) is 6.92 Å². The smallest absolute Gasteiger partial charge is 0.261 e. The van der Waals surface area contributed by atoms with Gasteiger partial charge >= 0.3 is 0 Å². The zero-order valence-electron chi connectivity index (χ0n) is 18.2. The predicted molar refractivity (Wildman–Crippen MR) is 121 cm³/mol. The minimum Gasteiger partial charge on any atom is -0.484 e. The van der Waals surface area contributed by atoms with E-state index in [-0.39, 0.29) is 24.5 Å². The molecule has 0 fully saturated rings. The number of aryl methyl sites for hydroxylation is 1. The summed E-state index contributed by atoms with van der Waals surface area (Å²) in [6, 6.07) is 14.3. The Balaban J connectivity index is 2.19. The summed E-state index contributed by atoms with van der Waals surface area (Å²) in [5, 5.41) is 3.62. The van der Waals surface area contributed by atoms with Crippen molar-refractivity contribution >= 4 is 23.4 Å². The summed E-state index contributed by atoms with van der Waals surface area (Å²) in [4.78, 5) is 27.6. The van der Waals surface area contributed by atoms with Crippen LogP contribution in [0.5, 0.6) is 5.75 Å². The fraction of sp³-hybridized carbons (Fsp3) is 0.417. The van der Waals surface area contributed by atoms with Crippen LogP contribution in [0.2, 0.25) is 5.02 Å². The molecule has 2 aromatic rings. The van der Waals surface area contributed by atoms with E-state index in [1.54, 1.807) is 17.0 Å². The molecule has 0 saturated carbocycles. The highest BCUT2D eigenvalue weighted by Gasteiger charge is 2.29. The Kier molecular flexibility index (Phi) is 9.18. The summed E-state index contributed by atoms with van der Waals surface area (Å²) in [7, 11) is 0. The van der Waals surface area contributed by atoms with E-state index in [0.717, 1.165) is 17.5 Å². The van der Waals surface area contributed by atoms with Crippen molar-refractivity contribution in [1.82, 2.24) is 10.2 Å². The summed E-state index contributed by atoms with van der Waals surface area (Å²) in [5.74, 6) is 0.235. The van der Waals surface area contributed by atoms with Crippen LogP contribution in [0.4, 0.5) is 0 Å². The first-order valence-electron chi connectivity index (χ1n) is 10.4. The first kappa shape index (κ1) is 23.7. The maximum atomic E-state index is 13.1. The van der Waals surface area contributed by atoms with Crippen molar-refractivity contribution in [2.45, 2.75) is 59.2 Å². The molecular weight excluding hydrogens is 400 g/mol. The van der Waals surface area contributed by atoms with Crippen LogP contribution in [-0.4, -0.2) is 35.4 Å². The van der Waals surface area contributed by atoms with Gasteiger partial charge in [0.25, 0.3) is 5.91 Å². The minimum absolute atomic E-state index is 0.0443. The monoisotopic (exact) mass is 430 g/mol. The van der Waals surface area contributed by atoms with Gasteiger partial charge in [-0.25, -0.2) is 0 Å². The van der Waals surface area contributed by atoms with Gasteiger partial charge in [-0.1, -0.05) is 55.3 Å². The van der Waals surface area contributed by atoms with Gasteiger partial charge in [-0.3, -0.25) is 9.59 Å².